The van der Waals surface area contributed by atoms with E-state index in [1.54, 1.807) is 18.2 Å². The van der Waals surface area contributed by atoms with Gasteiger partial charge in [0, 0.05) is 45.0 Å². The molecule has 4 unspecified atom stereocenters. The van der Waals surface area contributed by atoms with Crippen molar-refractivity contribution in [1.29, 1.82) is 0 Å². The quantitative estimate of drug-likeness (QED) is 0.493. The van der Waals surface area contributed by atoms with E-state index in [2.05, 4.69) is 15.6 Å². The summed E-state index contributed by atoms with van der Waals surface area (Å²) in [5.74, 6) is -2.40. The highest BCUT2D eigenvalue weighted by atomic mass is 35.5. The summed E-state index contributed by atoms with van der Waals surface area (Å²) >= 11 is 6.33. The number of hydrogen-bond donors (Lipinski definition) is 3. The lowest BCUT2D eigenvalue weighted by Crippen LogP contribution is -2.56. The summed E-state index contributed by atoms with van der Waals surface area (Å²) in [5.41, 5.74) is 1.22. The third-order valence-electron chi connectivity index (χ3n) is 7.46. The Kier molecular flexibility index (Phi) is 4.36. The van der Waals surface area contributed by atoms with Crippen LogP contribution in [0.4, 0.5) is 5.69 Å². The number of aromatic amines is 1. The highest BCUT2D eigenvalue weighted by Crippen LogP contribution is 2.54. The first-order chi connectivity index (χ1) is 16.1. The Morgan fingerprint density at radius 1 is 1.06 bits per heavy atom. The van der Waals surface area contributed by atoms with Crippen LogP contribution in [0.2, 0.25) is 5.02 Å². The van der Waals surface area contributed by atoms with Crippen LogP contribution in [0.1, 0.15) is 31.9 Å². The van der Waals surface area contributed by atoms with Gasteiger partial charge in [0.05, 0.1) is 11.8 Å². The van der Waals surface area contributed by atoms with Gasteiger partial charge in [0.2, 0.25) is 17.7 Å². The number of nitrogens with one attached hydrogen (secondary N) is 3. The standard InChI is InChI=1S/C26H25ClN4O3/c1-25(2,3)31-22(32)20-19(10-13-12-28-17-7-5-4-6-15(13)17)30-26(21(20)23(31)33)16-11-14(27)8-9-18(16)29-24(26)34/h4-9,11-12,19-21,28,30H,10H2,1-3H3,(H,29,34). The van der Waals surface area contributed by atoms with Gasteiger partial charge in [0.25, 0.3) is 0 Å². The second kappa shape index (κ2) is 6.93. The fraction of sp³-hybridized carbons (Fsp3) is 0.346. The van der Waals surface area contributed by atoms with Crippen LogP contribution in [0.3, 0.4) is 0 Å². The van der Waals surface area contributed by atoms with Crippen LogP contribution in [-0.4, -0.2) is 39.2 Å². The van der Waals surface area contributed by atoms with Crippen LogP contribution in [0.5, 0.6) is 0 Å². The molecule has 4 atom stereocenters. The number of aromatic nitrogens is 1. The highest BCUT2D eigenvalue weighted by molar-refractivity contribution is 6.31. The monoisotopic (exact) mass is 476 g/mol. The van der Waals surface area contributed by atoms with Gasteiger partial charge in [-0.2, -0.15) is 0 Å². The zero-order valence-electron chi connectivity index (χ0n) is 19.1. The number of amides is 3. The van der Waals surface area contributed by atoms with Crippen molar-refractivity contribution in [3.63, 3.8) is 0 Å². The molecule has 0 aliphatic carbocycles. The van der Waals surface area contributed by atoms with Crippen LogP contribution >= 0.6 is 11.6 Å². The Morgan fingerprint density at radius 2 is 1.82 bits per heavy atom. The molecule has 2 aromatic carbocycles. The zero-order chi connectivity index (χ0) is 24.0. The van der Waals surface area contributed by atoms with E-state index in [0.717, 1.165) is 16.5 Å². The Balaban J connectivity index is 1.51. The second-order valence-electron chi connectivity index (χ2n) is 10.5. The van der Waals surface area contributed by atoms with Crippen molar-refractivity contribution in [1.82, 2.24) is 15.2 Å². The van der Waals surface area contributed by atoms with Crippen molar-refractivity contribution in [2.24, 2.45) is 11.8 Å². The molecule has 1 spiro atoms. The minimum atomic E-state index is -1.35. The zero-order valence-corrected chi connectivity index (χ0v) is 19.9. The van der Waals surface area contributed by atoms with E-state index in [1.165, 1.54) is 4.90 Å². The Hall–Kier alpha value is -3.16. The molecule has 34 heavy (non-hydrogen) atoms. The number of halogens is 1. The molecule has 0 saturated carbocycles. The van der Waals surface area contributed by atoms with Crippen LogP contribution in [0.15, 0.2) is 48.7 Å². The number of hydrogen-bond acceptors (Lipinski definition) is 4. The molecule has 0 bridgehead atoms. The lowest BCUT2D eigenvalue weighted by atomic mass is 9.76. The normalized spacial score (nSPS) is 28.2. The van der Waals surface area contributed by atoms with Gasteiger partial charge in [-0.1, -0.05) is 29.8 Å². The summed E-state index contributed by atoms with van der Waals surface area (Å²) in [6.45, 7) is 5.54. The molecular formula is C26H25ClN4O3. The average molecular weight is 477 g/mol. The van der Waals surface area contributed by atoms with E-state index < -0.39 is 29.0 Å². The van der Waals surface area contributed by atoms with Crippen molar-refractivity contribution in [3.05, 3.63) is 64.8 Å². The SMILES string of the molecule is CC(C)(C)N1C(=O)C2C(Cc3c[nH]c4ccccc34)NC3(C(=O)Nc4ccc(Cl)cc43)C2C1=O. The fourth-order valence-electron chi connectivity index (χ4n) is 6.15. The number of imide groups is 1. The van der Waals surface area contributed by atoms with Gasteiger partial charge in [0.15, 0.2) is 0 Å². The Labute approximate surface area is 201 Å². The maximum Gasteiger partial charge on any atom is 0.250 e. The van der Waals surface area contributed by atoms with E-state index >= 15 is 0 Å². The number of anilines is 1. The van der Waals surface area contributed by atoms with E-state index in [1.807, 2.05) is 51.2 Å². The van der Waals surface area contributed by atoms with Crippen LogP contribution in [-0.2, 0) is 26.3 Å². The Morgan fingerprint density at radius 3 is 2.59 bits per heavy atom. The van der Waals surface area contributed by atoms with Crippen LogP contribution < -0.4 is 10.6 Å². The summed E-state index contributed by atoms with van der Waals surface area (Å²) < 4.78 is 0. The molecule has 0 radical (unpaired) electrons. The highest BCUT2D eigenvalue weighted by Gasteiger charge is 2.71. The van der Waals surface area contributed by atoms with Crippen molar-refractivity contribution >= 4 is 45.9 Å². The van der Waals surface area contributed by atoms with Crippen molar-refractivity contribution in [2.75, 3.05) is 5.32 Å². The van der Waals surface area contributed by atoms with E-state index in [4.69, 9.17) is 11.6 Å². The number of nitrogens with zero attached hydrogens (tertiary/aromatic N) is 1. The summed E-state index contributed by atoms with van der Waals surface area (Å²) in [6.07, 6.45) is 2.43. The number of rotatable bonds is 2. The number of carbonyl (C=O) groups is 3. The number of benzene rings is 2. The fourth-order valence-corrected chi connectivity index (χ4v) is 6.32. The molecule has 174 valence electrons. The van der Waals surface area contributed by atoms with Crippen LogP contribution in [0.25, 0.3) is 10.9 Å². The molecule has 3 aliphatic heterocycles. The number of H-pyrrole nitrogens is 1. The lowest BCUT2D eigenvalue weighted by Gasteiger charge is -2.34. The lowest BCUT2D eigenvalue weighted by molar-refractivity contribution is -0.147. The number of fused-ring (bicyclic) bond motifs is 5. The largest absolute Gasteiger partial charge is 0.361 e. The van der Waals surface area contributed by atoms with Crippen molar-refractivity contribution < 1.29 is 14.4 Å². The molecule has 3 N–H and O–H groups in total. The first kappa shape index (κ1) is 21.4. The van der Waals surface area contributed by atoms with E-state index in [9.17, 15) is 14.4 Å². The topological polar surface area (TPSA) is 94.3 Å². The molecule has 1 aromatic heterocycles. The maximum absolute atomic E-state index is 13.9. The molecule has 2 saturated heterocycles. The Bertz CT molecular complexity index is 1390. The predicted molar refractivity (Wildman–Crippen MR) is 129 cm³/mol. The van der Waals surface area contributed by atoms with E-state index in [0.29, 0.717) is 22.7 Å². The molecule has 8 heteroatoms. The third-order valence-corrected chi connectivity index (χ3v) is 7.70. The number of likely N-dealkylation sites (tertiary alicyclic amines) is 1. The predicted octanol–water partition coefficient (Wildman–Crippen LogP) is 3.58. The van der Waals surface area contributed by atoms with Gasteiger partial charge in [-0.05, 0) is 57.0 Å². The molecule has 4 heterocycles. The smallest absolute Gasteiger partial charge is 0.250 e. The van der Waals surface area contributed by atoms with Crippen molar-refractivity contribution in [2.45, 2.75) is 44.3 Å². The average Bonchev–Trinajstić information content (AvgIpc) is 3.47. The maximum atomic E-state index is 13.9. The number of para-hydroxylation sites is 1. The van der Waals surface area contributed by atoms with Gasteiger partial charge in [0.1, 0.15) is 5.54 Å². The molecule has 7 nitrogen and oxygen atoms in total. The van der Waals surface area contributed by atoms with E-state index in [-0.39, 0.29) is 17.7 Å². The summed E-state index contributed by atoms with van der Waals surface area (Å²) in [4.78, 5) is 45.8. The van der Waals surface area contributed by atoms with Crippen molar-refractivity contribution in [3.8, 4) is 0 Å². The van der Waals surface area contributed by atoms with Gasteiger partial charge < -0.3 is 10.3 Å². The van der Waals surface area contributed by atoms with Gasteiger partial charge in [-0.15, -0.1) is 0 Å². The van der Waals surface area contributed by atoms with Gasteiger partial charge in [-0.3, -0.25) is 24.6 Å². The molecular weight excluding hydrogens is 452 g/mol. The first-order valence-corrected chi connectivity index (χ1v) is 11.8. The van der Waals surface area contributed by atoms with Gasteiger partial charge >= 0.3 is 0 Å². The molecule has 6 rings (SSSR count). The third kappa shape index (κ3) is 2.71. The second-order valence-corrected chi connectivity index (χ2v) is 10.9. The minimum absolute atomic E-state index is 0.236. The number of carbonyl (C=O) groups excluding carboxylic acids is 3. The molecule has 3 aromatic rings. The minimum Gasteiger partial charge on any atom is -0.361 e. The molecule has 3 amide bonds. The molecule has 3 aliphatic rings. The molecule has 2 fully saturated rings. The summed E-state index contributed by atoms with van der Waals surface area (Å²) in [7, 11) is 0. The first-order valence-electron chi connectivity index (χ1n) is 11.4. The van der Waals surface area contributed by atoms with Crippen LogP contribution in [0, 0.1) is 11.8 Å². The van der Waals surface area contributed by atoms with Gasteiger partial charge in [-0.25, -0.2) is 0 Å². The summed E-state index contributed by atoms with van der Waals surface area (Å²) in [5, 5.41) is 7.93. The summed E-state index contributed by atoms with van der Waals surface area (Å²) in [6, 6.07) is 12.7.